The lowest BCUT2D eigenvalue weighted by atomic mass is 9.95. The molecule has 1 atom stereocenters. The molecule has 5 heteroatoms. The zero-order valence-electron chi connectivity index (χ0n) is 18.5. The molecule has 1 heterocycles. The molecule has 0 aliphatic rings. The van der Waals surface area contributed by atoms with Crippen LogP contribution in [0.5, 0.6) is 0 Å². The molecule has 0 radical (unpaired) electrons. The molecule has 1 aromatic heterocycles. The highest BCUT2D eigenvalue weighted by atomic mass is 32.2. The molecule has 1 amide bonds. The summed E-state index contributed by atoms with van der Waals surface area (Å²) in [6.45, 7) is 0. The lowest BCUT2D eigenvalue weighted by Gasteiger charge is -2.19. The molecule has 1 unspecified atom stereocenters. The second-order valence-corrected chi connectivity index (χ2v) is 8.67. The normalized spacial score (nSPS) is 11.6. The molecule has 3 aromatic carbocycles. The van der Waals surface area contributed by atoms with Crippen molar-refractivity contribution in [2.45, 2.75) is 24.6 Å². The van der Waals surface area contributed by atoms with Crippen molar-refractivity contribution in [3.05, 3.63) is 102 Å². The first kappa shape index (κ1) is 22.6. The highest BCUT2D eigenvalue weighted by Crippen LogP contribution is 2.33. The molecule has 0 aliphatic heterocycles. The van der Waals surface area contributed by atoms with E-state index >= 15 is 0 Å². The molecule has 4 nitrogen and oxygen atoms in total. The average Bonchev–Trinajstić information content (AvgIpc) is 2.86. The number of benzene rings is 3. The molecule has 33 heavy (non-hydrogen) atoms. The summed E-state index contributed by atoms with van der Waals surface area (Å²) in [5.41, 5.74) is 5.85. The molecule has 1 N–H and O–H groups in total. The number of amides is 1. The number of nitrogens with zero attached hydrogens (tertiary/aromatic N) is 2. The molecular weight excluding hydrogens is 426 g/mol. The fourth-order valence-electron chi connectivity index (χ4n) is 4.09. The van der Waals surface area contributed by atoms with Gasteiger partial charge in [-0.1, -0.05) is 78.9 Å². The monoisotopic (exact) mass is 451 g/mol. The van der Waals surface area contributed by atoms with Crippen LogP contribution in [0, 0.1) is 11.3 Å². The minimum atomic E-state index is -0.339. The summed E-state index contributed by atoms with van der Waals surface area (Å²) in [5, 5.41) is 13.4. The Hall–Kier alpha value is -3.62. The van der Waals surface area contributed by atoms with Crippen LogP contribution in [0.2, 0.25) is 0 Å². The maximum absolute atomic E-state index is 13.3. The number of carbonyl (C=O) groups is 1. The molecular formula is C28H25N3OS. The van der Waals surface area contributed by atoms with E-state index in [1.54, 1.807) is 11.8 Å². The van der Waals surface area contributed by atoms with E-state index in [2.05, 4.69) is 29.8 Å². The van der Waals surface area contributed by atoms with E-state index in [0.717, 1.165) is 44.6 Å². The SMILES string of the molecule is CSCc1c(-c2ccccc2)nc2ccccc2c1CC(=O)NC(CC#N)c1ccccc1. The van der Waals surface area contributed by atoms with Crippen LogP contribution in [-0.2, 0) is 17.0 Å². The maximum Gasteiger partial charge on any atom is 0.224 e. The van der Waals surface area contributed by atoms with Crippen LogP contribution in [0.1, 0.15) is 29.2 Å². The van der Waals surface area contributed by atoms with Gasteiger partial charge in [-0.05, 0) is 29.0 Å². The zero-order chi connectivity index (χ0) is 23.0. The van der Waals surface area contributed by atoms with Crippen molar-refractivity contribution in [2.24, 2.45) is 0 Å². The van der Waals surface area contributed by atoms with E-state index in [1.807, 2.05) is 72.8 Å². The van der Waals surface area contributed by atoms with Gasteiger partial charge >= 0.3 is 0 Å². The fraction of sp³-hybridized carbons (Fsp3) is 0.179. The summed E-state index contributed by atoms with van der Waals surface area (Å²) < 4.78 is 0. The Morgan fingerprint density at radius 1 is 0.970 bits per heavy atom. The summed E-state index contributed by atoms with van der Waals surface area (Å²) in [7, 11) is 0. The number of rotatable bonds is 8. The third-order valence-electron chi connectivity index (χ3n) is 5.62. The Bertz CT molecular complexity index is 1280. The van der Waals surface area contributed by atoms with Crippen LogP contribution in [0.15, 0.2) is 84.9 Å². The van der Waals surface area contributed by atoms with Crippen molar-refractivity contribution in [2.75, 3.05) is 6.26 Å². The molecule has 4 rings (SSSR count). The quantitative estimate of drug-likeness (QED) is 0.353. The molecule has 0 saturated heterocycles. The number of hydrogen-bond acceptors (Lipinski definition) is 4. The maximum atomic E-state index is 13.3. The molecule has 164 valence electrons. The number of para-hydroxylation sites is 1. The summed E-state index contributed by atoms with van der Waals surface area (Å²) in [5.74, 6) is 0.655. The van der Waals surface area contributed by atoms with Gasteiger partial charge in [0.15, 0.2) is 0 Å². The molecule has 0 aliphatic carbocycles. The average molecular weight is 452 g/mol. The van der Waals surface area contributed by atoms with Crippen LogP contribution in [-0.4, -0.2) is 17.1 Å². The van der Waals surface area contributed by atoms with Gasteiger partial charge in [0, 0.05) is 16.7 Å². The topological polar surface area (TPSA) is 65.8 Å². The van der Waals surface area contributed by atoms with E-state index in [0.29, 0.717) is 0 Å². The third kappa shape index (κ3) is 5.24. The number of nitrogens with one attached hydrogen (secondary N) is 1. The Labute approximate surface area is 198 Å². The lowest BCUT2D eigenvalue weighted by molar-refractivity contribution is -0.121. The number of aromatic nitrogens is 1. The van der Waals surface area contributed by atoms with E-state index in [-0.39, 0.29) is 24.8 Å². The second kappa shape index (κ2) is 10.8. The highest BCUT2D eigenvalue weighted by Gasteiger charge is 2.20. The van der Waals surface area contributed by atoms with Gasteiger partial charge in [-0.25, -0.2) is 4.98 Å². The van der Waals surface area contributed by atoms with Gasteiger partial charge in [-0.3, -0.25) is 4.79 Å². The van der Waals surface area contributed by atoms with Crippen molar-refractivity contribution in [3.8, 4) is 17.3 Å². The fourth-order valence-corrected chi connectivity index (χ4v) is 4.69. The van der Waals surface area contributed by atoms with Crippen LogP contribution in [0.4, 0.5) is 0 Å². The van der Waals surface area contributed by atoms with Gasteiger partial charge in [0.1, 0.15) is 0 Å². The van der Waals surface area contributed by atoms with Crippen molar-refractivity contribution in [3.63, 3.8) is 0 Å². The highest BCUT2D eigenvalue weighted by molar-refractivity contribution is 7.97. The molecule has 0 fully saturated rings. The number of pyridine rings is 1. The first-order valence-electron chi connectivity index (χ1n) is 10.9. The van der Waals surface area contributed by atoms with Crippen molar-refractivity contribution in [1.29, 1.82) is 5.26 Å². The second-order valence-electron chi connectivity index (χ2n) is 7.80. The van der Waals surface area contributed by atoms with E-state index < -0.39 is 0 Å². The lowest BCUT2D eigenvalue weighted by Crippen LogP contribution is -2.30. The molecule has 0 spiro atoms. The number of carbonyl (C=O) groups excluding carboxylic acids is 1. The number of nitriles is 1. The van der Waals surface area contributed by atoms with Gasteiger partial charge in [0.2, 0.25) is 5.91 Å². The molecule has 0 saturated carbocycles. The van der Waals surface area contributed by atoms with Gasteiger partial charge in [-0.2, -0.15) is 17.0 Å². The predicted octanol–water partition coefficient (Wildman–Crippen LogP) is 6.08. The largest absolute Gasteiger partial charge is 0.348 e. The minimum Gasteiger partial charge on any atom is -0.348 e. The van der Waals surface area contributed by atoms with E-state index in [9.17, 15) is 10.1 Å². The Morgan fingerprint density at radius 3 is 2.33 bits per heavy atom. The van der Waals surface area contributed by atoms with Crippen LogP contribution < -0.4 is 5.32 Å². The summed E-state index contributed by atoms with van der Waals surface area (Å²) in [4.78, 5) is 18.3. The van der Waals surface area contributed by atoms with Crippen LogP contribution >= 0.6 is 11.8 Å². The third-order valence-corrected chi connectivity index (χ3v) is 6.19. The zero-order valence-corrected chi connectivity index (χ0v) is 19.3. The first-order valence-corrected chi connectivity index (χ1v) is 12.3. The summed E-state index contributed by atoms with van der Waals surface area (Å²) >= 11 is 1.72. The Kier molecular flexibility index (Phi) is 7.39. The van der Waals surface area contributed by atoms with Crippen LogP contribution in [0.3, 0.4) is 0 Å². The van der Waals surface area contributed by atoms with E-state index in [4.69, 9.17) is 4.98 Å². The molecule has 4 aromatic rings. The number of fused-ring (bicyclic) bond motifs is 1. The van der Waals surface area contributed by atoms with Gasteiger partial charge in [-0.15, -0.1) is 0 Å². The van der Waals surface area contributed by atoms with E-state index in [1.165, 1.54) is 0 Å². The summed E-state index contributed by atoms with van der Waals surface area (Å²) in [6.07, 6.45) is 2.51. The summed E-state index contributed by atoms with van der Waals surface area (Å²) in [6, 6.07) is 29.6. The standard InChI is InChI=1S/C28H25N3OS/c1-33-19-24-23(18-27(32)30-25(16-17-29)20-10-4-2-5-11-20)22-14-8-9-15-26(22)31-28(24)21-12-6-3-7-13-21/h2-15,25H,16,18-19H2,1H3,(H,30,32). The Morgan fingerprint density at radius 2 is 1.64 bits per heavy atom. The smallest absolute Gasteiger partial charge is 0.224 e. The number of thioether (sulfide) groups is 1. The molecule has 0 bridgehead atoms. The van der Waals surface area contributed by atoms with Crippen molar-refractivity contribution in [1.82, 2.24) is 10.3 Å². The van der Waals surface area contributed by atoms with Crippen molar-refractivity contribution >= 4 is 28.6 Å². The van der Waals surface area contributed by atoms with Crippen molar-refractivity contribution < 1.29 is 4.79 Å². The first-order chi connectivity index (χ1) is 16.2. The Balaban J connectivity index is 1.75. The predicted molar refractivity (Wildman–Crippen MR) is 136 cm³/mol. The van der Waals surface area contributed by atoms with Crippen LogP contribution in [0.25, 0.3) is 22.2 Å². The van der Waals surface area contributed by atoms with Gasteiger partial charge < -0.3 is 5.32 Å². The number of hydrogen-bond donors (Lipinski definition) is 1. The van der Waals surface area contributed by atoms with Gasteiger partial charge in [0.25, 0.3) is 0 Å². The van der Waals surface area contributed by atoms with Gasteiger partial charge in [0.05, 0.1) is 36.2 Å². The minimum absolute atomic E-state index is 0.100.